The lowest BCUT2D eigenvalue weighted by Crippen LogP contribution is -2.44. The van der Waals surface area contributed by atoms with E-state index in [0.717, 1.165) is 25.7 Å². The van der Waals surface area contributed by atoms with Crippen molar-refractivity contribution in [1.82, 2.24) is 15.1 Å². The van der Waals surface area contributed by atoms with Crippen LogP contribution in [0.1, 0.15) is 65.7 Å². The number of aliphatic carboxylic acids is 1. The van der Waals surface area contributed by atoms with Crippen LogP contribution in [0, 0.1) is 11.8 Å². The average molecular weight is 440 g/mol. The smallest absolute Gasteiger partial charge is 0.410 e. The monoisotopic (exact) mass is 439 g/mol. The number of hydrogen-bond acceptors (Lipinski definition) is 5. The van der Waals surface area contributed by atoms with Crippen molar-refractivity contribution >= 4 is 23.9 Å². The molecule has 31 heavy (non-hydrogen) atoms. The Morgan fingerprint density at radius 1 is 0.968 bits per heavy atom. The molecule has 1 unspecified atom stereocenters. The van der Waals surface area contributed by atoms with Crippen molar-refractivity contribution < 1.29 is 29.0 Å². The van der Waals surface area contributed by atoms with E-state index in [1.807, 2.05) is 25.7 Å². The summed E-state index contributed by atoms with van der Waals surface area (Å²) in [6.07, 6.45) is 3.74. The van der Waals surface area contributed by atoms with Crippen LogP contribution in [0.5, 0.6) is 0 Å². The van der Waals surface area contributed by atoms with E-state index in [0.29, 0.717) is 39.0 Å². The number of carbonyl (C=O) groups excluding carboxylic acids is 3. The summed E-state index contributed by atoms with van der Waals surface area (Å²) in [6, 6.07) is 0. The third-order valence-electron chi connectivity index (χ3n) is 5.74. The minimum Gasteiger partial charge on any atom is -0.481 e. The molecule has 176 valence electrons. The summed E-state index contributed by atoms with van der Waals surface area (Å²) < 4.78 is 5.42. The highest BCUT2D eigenvalue weighted by Gasteiger charge is 2.30. The first-order valence-electron chi connectivity index (χ1n) is 11.3. The number of rotatable bonds is 7. The van der Waals surface area contributed by atoms with E-state index in [4.69, 9.17) is 9.84 Å². The number of nitrogens with one attached hydrogen (secondary N) is 1. The number of ether oxygens (including phenoxy) is 1. The molecular weight excluding hydrogens is 402 g/mol. The zero-order valence-electron chi connectivity index (χ0n) is 19.0. The zero-order valence-corrected chi connectivity index (χ0v) is 19.0. The maximum atomic E-state index is 12.8. The fourth-order valence-corrected chi connectivity index (χ4v) is 4.12. The van der Waals surface area contributed by atoms with E-state index in [9.17, 15) is 19.2 Å². The standard InChI is InChI=1S/C22H37N3O6/c1-22(2,3)31-21(30)24-11-7-16(8-12-24)14-19(27)25-10-4-5-17(15-25)13-18(26)23-9-6-20(28)29/h16-17H,4-15H2,1-3H3,(H,23,26)(H,28,29). The van der Waals surface area contributed by atoms with Crippen molar-refractivity contribution in [3.63, 3.8) is 0 Å². The lowest BCUT2D eigenvalue weighted by molar-refractivity contribution is -0.137. The average Bonchev–Trinajstić information content (AvgIpc) is 2.67. The van der Waals surface area contributed by atoms with Gasteiger partial charge in [-0.15, -0.1) is 0 Å². The lowest BCUT2D eigenvalue weighted by atomic mass is 9.91. The van der Waals surface area contributed by atoms with Crippen LogP contribution >= 0.6 is 0 Å². The number of carboxylic acids is 1. The van der Waals surface area contributed by atoms with Crippen LogP contribution in [0.4, 0.5) is 4.79 Å². The Kier molecular flexibility index (Phi) is 9.13. The molecule has 3 amide bonds. The predicted octanol–water partition coefficient (Wildman–Crippen LogP) is 2.24. The number of amides is 3. The largest absolute Gasteiger partial charge is 0.481 e. The highest BCUT2D eigenvalue weighted by atomic mass is 16.6. The maximum absolute atomic E-state index is 12.8. The number of carbonyl (C=O) groups is 4. The van der Waals surface area contributed by atoms with Gasteiger partial charge in [0.05, 0.1) is 6.42 Å². The second-order valence-corrected chi connectivity index (χ2v) is 9.66. The molecule has 0 saturated carbocycles. The molecule has 9 nitrogen and oxygen atoms in total. The number of hydrogen-bond donors (Lipinski definition) is 2. The van der Waals surface area contributed by atoms with Gasteiger partial charge in [-0.3, -0.25) is 14.4 Å². The molecule has 0 aromatic carbocycles. The molecule has 0 aromatic rings. The van der Waals surface area contributed by atoms with E-state index >= 15 is 0 Å². The van der Waals surface area contributed by atoms with Gasteiger partial charge in [-0.1, -0.05) is 0 Å². The van der Waals surface area contributed by atoms with E-state index in [2.05, 4.69) is 5.32 Å². The summed E-state index contributed by atoms with van der Waals surface area (Å²) in [5.74, 6) is -0.615. The quantitative estimate of drug-likeness (QED) is 0.628. The van der Waals surface area contributed by atoms with E-state index in [1.165, 1.54) is 0 Å². The highest BCUT2D eigenvalue weighted by Crippen LogP contribution is 2.25. The molecule has 0 aromatic heterocycles. The predicted molar refractivity (Wildman–Crippen MR) is 114 cm³/mol. The number of carboxylic acid groups (broad SMARTS) is 1. The van der Waals surface area contributed by atoms with Gasteiger partial charge in [-0.25, -0.2) is 4.79 Å². The van der Waals surface area contributed by atoms with Crippen LogP contribution in [0.2, 0.25) is 0 Å². The minimum atomic E-state index is -0.938. The lowest BCUT2D eigenvalue weighted by Gasteiger charge is -2.36. The summed E-state index contributed by atoms with van der Waals surface area (Å²) in [5.41, 5.74) is -0.512. The van der Waals surface area contributed by atoms with Crippen LogP contribution in [0.3, 0.4) is 0 Å². The first kappa shape index (κ1) is 24.9. The van der Waals surface area contributed by atoms with Crippen molar-refractivity contribution in [2.45, 2.75) is 71.3 Å². The van der Waals surface area contributed by atoms with Crippen molar-refractivity contribution in [2.75, 3.05) is 32.7 Å². The number of likely N-dealkylation sites (tertiary alicyclic amines) is 2. The maximum Gasteiger partial charge on any atom is 0.410 e. The first-order valence-corrected chi connectivity index (χ1v) is 11.3. The second-order valence-electron chi connectivity index (χ2n) is 9.66. The fraction of sp³-hybridized carbons (Fsp3) is 0.818. The minimum absolute atomic E-state index is 0.0895. The molecule has 2 aliphatic rings. The molecule has 0 radical (unpaired) electrons. The van der Waals surface area contributed by atoms with Gasteiger partial charge < -0.3 is 25.0 Å². The topological polar surface area (TPSA) is 116 Å². The summed E-state index contributed by atoms with van der Waals surface area (Å²) in [4.78, 5) is 51.1. The van der Waals surface area contributed by atoms with Crippen LogP contribution in [0.25, 0.3) is 0 Å². The van der Waals surface area contributed by atoms with E-state index in [-0.39, 0.29) is 42.7 Å². The molecular formula is C22H37N3O6. The van der Waals surface area contributed by atoms with Gasteiger partial charge in [0.15, 0.2) is 0 Å². The summed E-state index contributed by atoms with van der Waals surface area (Å²) >= 11 is 0. The van der Waals surface area contributed by atoms with Crippen molar-refractivity contribution in [1.29, 1.82) is 0 Å². The van der Waals surface area contributed by atoms with Gasteiger partial charge in [0.25, 0.3) is 0 Å². The third-order valence-corrected chi connectivity index (χ3v) is 5.74. The van der Waals surface area contributed by atoms with Gasteiger partial charge >= 0.3 is 12.1 Å². The highest BCUT2D eigenvalue weighted by molar-refractivity contribution is 5.78. The van der Waals surface area contributed by atoms with Gasteiger partial charge in [-0.2, -0.15) is 0 Å². The van der Waals surface area contributed by atoms with Gasteiger partial charge in [0.2, 0.25) is 11.8 Å². The second kappa shape index (κ2) is 11.3. The van der Waals surface area contributed by atoms with Crippen molar-refractivity contribution in [3.8, 4) is 0 Å². The normalized spacial score (nSPS) is 20.3. The molecule has 2 fully saturated rings. The molecule has 2 rings (SSSR count). The Morgan fingerprint density at radius 3 is 2.26 bits per heavy atom. The summed E-state index contributed by atoms with van der Waals surface area (Å²) in [7, 11) is 0. The molecule has 9 heteroatoms. The van der Waals surface area contributed by atoms with Crippen LogP contribution < -0.4 is 5.32 Å². The van der Waals surface area contributed by atoms with Crippen LogP contribution in [-0.2, 0) is 19.1 Å². The Bertz CT molecular complexity index is 652. The van der Waals surface area contributed by atoms with Crippen LogP contribution in [-0.4, -0.2) is 77.1 Å². The molecule has 0 aliphatic carbocycles. The van der Waals surface area contributed by atoms with Gasteiger partial charge in [0, 0.05) is 45.6 Å². The Balaban J connectivity index is 1.71. The summed E-state index contributed by atoms with van der Waals surface area (Å²) in [5, 5.41) is 11.3. The molecule has 0 bridgehead atoms. The summed E-state index contributed by atoms with van der Waals surface area (Å²) in [6.45, 7) is 8.17. The van der Waals surface area contributed by atoms with Crippen molar-refractivity contribution in [2.24, 2.45) is 11.8 Å². The first-order chi connectivity index (χ1) is 14.5. The Morgan fingerprint density at radius 2 is 1.65 bits per heavy atom. The fourth-order valence-electron chi connectivity index (χ4n) is 4.12. The van der Waals surface area contributed by atoms with Gasteiger partial charge in [0.1, 0.15) is 5.60 Å². The van der Waals surface area contributed by atoms with E-state index in [1.54, 1.807) is 4.90 Å². The Hall–Kier alpha value is -2.32. The molecule has 2 aliphatic heterocycles. The van der Waals surface area contributed by atoms with E-state index < -0.39 is 11.6 Å². The molecule has 2 saturated heterocycles. The molecule has 1 atom stereocenters. The zero-order chi connectivity index (χ0) is 23.0. The molecule has 2 N–H and O–H groups in total. The molecule has 2 heterocycles. The number of piperidine rings is 2. The number of nitrogens with zero attached hydrogens (tertiary/aromatic N) is 2. The third kappa shape index (κ3) is 9.14. The van der Waals surface area contributed by atoms with Crippen LogP contribution in [0.15, 0.2) is 0 Å². The van der Waals surface area contributed by atoms with Gasteiger partial charge in [-0.05, 0) is 58.3 Å². The molecule has 0 spiro atoms. The Labute approximate surface area is 184 Å². The SMILES string of the molecule is CC(C)(C)OC(=O)N1CCC(CC(=O)N2CCCC(CC(=O)NCCC(=O)O)C2)CC1. The van der Waals surface area contributed by atoms with Crippen molar-refractivity contribution in [3.05, 3.63) is 0 Å².